The van der Waals surface area contributed by atoms with Gasteiger partial charge in [-0.15, -0.1) is 0 Å². The first kappa shape index (κ1) is 38.8. The fourth-order valence-electron chi connectivity index (χ4n) is 5.58. The minimum Gasteiger partial charge on any atom is -0.460 e. The number of para-hydroxylation sites is 1. The lowest BCUT2D eigenvalue weighted by Gasteiger charge is -2.37. The summed E-state index contributed by atoms with van der Waals surface area (Å²) in [6.07, 6.45) is 0.293. The lowest BCUT2D eigenvalue weighted by molar-refractivity contribution is -0.160. The molecular formula is C39H44N4O9. The van der Waals surface area contributed by atoms with Gasteiger partial charge in [-0.3, -0.25) is 14.4 Å². The van der Waals surface area contributed by atoms with Crippen LogP contribution in [0.1, 0.15) is 56.0 Å². The summed E-state index contributed by atoms with van der Waals surface area (Å²) in [5, 5.41) is 7.76. The molecule has 0 saturated carbocycles. The third kappa shape index (κ3) is 11.0. The first-order valence-corrected chi connectivity index (χ1v) is 16.8. The summed E-state index contributed by atoms with van der Waals surface area (Å²) in [6.45, 7) is 8.75. The number of Topliss-reactive ketones (excluding diaryl/α,β-unsaturated/α-hetero) is 1. The minimum atomic E-state index is -2.45. The van der Waals surface area contributed by atoms with E-state index in [0.29, 0.717) is 5.69 Å². The van der Waals surface area contributed by atoms with Crippen LogP contribution in [-0.4, -0.2) is 71.5 Å². The molecule has 1 unspecified atom stereocenters. The Morgan fingerprint density at radius 1 is 0.827 bits per heavy atom. The summed E-state index contributed by atoms with van der Waals surface area (Å²) in [6, 6.07) is 22.3. The number of carbonyl (C=O) groups is 6. The monoisotopic (exact) mass is 712 g/mol. The number of nitrogens with zero attached hydrogens (tertiary/aromatic N) is 1. The zero-order chi connectivity index (χ0) is 37.7. The highest BCUT2D eigenvalue weighted by atomic mass is 16.6. The number of hydrogen-bond acceptors (Lipinski definition) is 9. The number of rotatable bonds is 13. The number of ketones is 1. The number of piperidine rings is 1. The van der Waals surface area contributed by atoms with E-state index >= 15 is 0 Å². The number of anilines is 2. The SMILES string of the molecule is C=CCOC(=O)c1cccc(NC(=O)NC(CC(=O)OC(C)(C)C)(C(=O)Nc2ccccc2)C(=O)C2CCN(C(=O)OCc3ccccc3)CC2)c1. The van der Waals surface area contributed by atoms with E-state index in [1.54, 1.807) is 51.1 Å². The molecule has 1 aliphatic rings. The maximum absolute atomic E-state index is 14.7. The Kier molecular flexibility index (Phi) is 13.3. The van der Waals surface area contributed by atoms with Crippen molar-refractivity contribution in [3.05, 3.63) is 109 Å². The second kappa shape index (κ2) is 17.8. The smallest absolute Gasteiger partial charge is 0.410 e. The zero-order valence-electron chi connectivity index (χ0n) is 29.5. The average Bonchev–Trinajstić information content (AvgIpc) is 3.12. The molecular weight excluding hydrogens is 668 g/mol. The van der Waals surface area contributed by atoms with Gasteiger partial charge in [-0.05, 0) is 69.5 Å². The normalized spacial score (nSPS) is 14.2. The van der Waals surface area contributed by atoms with Gasteiger partial charge in [-0.1, -0.05) is 67.3 Å². The van der Waals surface area contributed by atoms with Gasteiger partial charge in [0.2, 0.25) is 0 Å². The fraction of sp³-hybridized carbons (Fsp3) is 0.333. The van der Waals surface area contributed by atoms with Crippen LogP contribution in [0, 0.1) is 5.92 Å². The van der Waals surface area contributed by atoms with Gasteiger partial charge in [-0.2, -0.15) is 0 Å². The predicted molar refractivity (Wildman–Crippen MR) is 193 cm³/mol. The molecule has 3 aromatic rings. The number of likely N-dealkylation sites (tertiary alicyclic amines) is 1. The van der Waals surface area contributed by atoms with Gasteiger partial charge in [0, 0.05) is 30.4 Å². The highest BCUT2D eigenvalue weighted by Crippen LogP contribution is 2.29. The Morgan fingerprint density at radius 3 is 2.10 bits per heavy atom. The first-order valence-electron chi connectivity index (χ1n) is 16.8. The predicted octanol–water partition coefficient (Wildman–Crippen LogP) is 5.88. The van der Waals surface area contributed by atoms with Crippen molar-refractivity contribution in [1.82, 2.24) is 10.2 Å². The molecule has 1 saturated heterocycles. The van der Waals surface area contributed by atoms with Gasteiger partial charge in [0.15, 0.2) is 11.3 Å². The van der Waals surface area contributed by atoms with Crippen molar-refractivity contribution in [1.29, 1.82) is 0 Å². The van der Waals surface area contributed by atoms with E-state index in [-0.39, 0.29) is 50.4 Å². The Morgan fingerprint density at radius 2 is 1.46 bits per heavy atom. The summed E-state index contributed by atoms with van der Waals surface area (Å²) in [7, 11) is 0. The molecule has 4 rings (SSSR count). The zero-order valence-corrected chi connectivity index (χ0v) is 29.5. The molecule has 13 nitrogen and oxygen atoms in total. The summed E-state index contributed by atoms with van der Waals surface area (Å²) in [5.41, 5.74) is -2.01. The van der Waals surface area contributed by atoms with Gasteiger partial charge >= 0.3 is 24.1 Å². The molecule has 0 spiro atoms. The molecule has 1 fully saturated rings. The summed E-state index contributed by atoms with van der Waals surface area (Å²) in [4.78, 5) is 82.9. The highest BCUT2D eigenvalue weighted by Gasteiger charge is 2.52. The maximum atomic E-state index is 14.7. The second-order valence-electron chi connectivity index (χ2n) is 13.2. The Balaban J connectivity index is 1.61. The molecule has 0 aliphatic carbocycles. The molecule has 1 aliphatic heterocycles. The van der Waals surface area contributed by atoms with Gasteiger partial charge < -0.3 is 35.1 Å². The van der Waals surface area contributed by atoms with E-state index in [1.165, 1.54) is 35.2 Å². The molecule has 274 valence electrons. The number of esters is 2. The molecule has 1 atom stereocenters. The topological polar surface area (TPSA) is 169 Å². The number of benzene rings is 3. The van der Waals surface area contributed by atoms with Crippen LogP contribution in [0.2, 0.25) is 0 Å². The van der Waals surface area contributed by atoms with Gasteiger partial charge in [0.1, 0.15) is 18.8 Å². The highest BCUT2D eigenvalue weighted by molar-refractivity contribution is 6.20. The number of nitrogens with one attached hydrogen (secondary N) is 3. The molecule has 0 bridgehead atoms. The van der Waals surface area contributed by atoms with E-state index in [4.69, 9.17) is 14.2 Å². The Hall–Kier alpha value is -5.98. The molecule has 13 heteroatoms. The Labute approximate surface area is 302 Å². The third-order valence-corrected chi connectivity index (χ3v) is 8.01. The van der Waals surface area contributed by atoms with Crippen molar-refractivity contribution < 1.29 is 43.0 Å². The maximum Gasteiger partial charge on any atom is 0.410 e. The van der Waals surface area contributed by atoms with Crippen LogP contribution >= 0.6 is 0 Å². The number of urea groups is 1. The molecule has 0 radical (unpaired) electrons. The lowest BCUT2D eigenvalue weighted by atomic mass is 9.78. The number of carbonyl (C=O) groups excluding carboxylic acids is 6. The van der Waals surface area contributed by atoms with Crippen LogP contribution < -0.4 is 16.0 Å². The number of hydrogen-bond donors (Lipinski definition) is 3. The van der Waals surface area contributed by atoms with E-state index in [2.05, 4.69) is 22.5 Å². The molecule has 3 aromatic carbocycles. The van der Waals surface area contributed by atoms with Crippen LogP contribution in [0.3, 0.4) is 0 Å². The summed E-state index contributed by atoms with van der Waals surface area (Å²) in [5.74, 6) is -4.10. The van der Waals surface area contributed by atoms with Gasteiger partial charge in [0.05, 0.1) is 12.0 Å². The molecule has 3 N–H and O–H groups in total. The standard InChI is InChI=1S/C39H44N4O9/c1-5-23-50-34(46)29-15-12-18-31(24-29)41-36(48)42-39(25-32(44)52-38(2,3)4,35(47)40-30-16-10-7-11-17-30)33(45)28-19-21-43(22-20-28)37(49)51-26-27-13-8-6-9-14-27/h5-18,24,28H,1,19-23,25-26H2,2-4H3,(H,40,47)(H2,41,42,48). The van der Waals surface area contributed by atoms with E-state index < -0.39 is 59.2 Å². The largest absolute Gasteiger partial charge is 0.460 e. The Bertz CT molecular complexity index is 1750. The first-order chi connectivity index (χ1) is 24.8. The van der Waals surface area contributed by atoms with Crippen LogP contribution in [-0.2, 0) is 35.2 Å². The van der Waals surface area contributed by atoms with Gasteiger partial charge in [0.25, 0.3) is 5.91 Å². The lowest BCUT2D eigenvalue weighted by Crippen LogP contribution is -2.66. The van der Waals surface area contributed by atoms with Crippen molar-refractivity contribution in [3.8, 4) is 0 Å². The van der Waals surface area contributed by atoms with Crippen LogP contribution in [0.4, 0.5) is 21.0 Å². The fourth-order valence-corrected chi connectivity index (χ4v) is 5.58. The minimum absolute atomic E-state index is 0.0173. The molecule has 4 amide bonds. The van der Waals surface area contributed by atoms with E-state index in [9.17, 15) is 28.8 Å². The van der Waals surface area contributed by atoms with E-state index in [0.717, 1.165) is 5.56 Å². The number of ether oxygens (including phenoxy) is 3. The quantitative estimate of drug-likeness (QED) is 0.0848. The average molecular weight is 713 g/mol. The van der Waals surface area contributed by atoms with Crippen LogP contribution in [0.15, 0.2) is 97.6 Å². The second-order valence-corrected chi connectivity index (χ2v) is 13.2. The van der Waals surface area contributed by atoms with Crippen molar-refractivity contribution in [2.75, 3.05) is 30.3 Å². The van der Waals surface area contributed by atoms with E-state index in [1.807, 2.05) is 30.3 Å². The summed E-state index contributed by atoms with van der Waals surface area (Å²) >= 11 is 0. The molecule has 1 heterocycles. The van der Waals surface area contributed by atoms with Crippen LogP contribution in [0.5, 0.6) is 0 Å². The summed E-state index contributed by atoms with van der Waals surface area (Å²) < 4.78 is 16.1. The van der Waals surface area contributed by atoms with Crippen LogP contribution in [0.25, 0.3) is 0 Å². The number of amides is 4. The molecule has 52 heavy (non-hydrogen) atoms. The molecule has 0 aromatic heterocycles. The van der Waals surface area contributed by atoms with Crippen molar-refractivity contribution in [2.45, 2.75) is 57.8 Å². The third-order valence-electron chi connectivity index (χ3n) is 8.01. The van der Waals surface area contributed by atoms with Crippen molar-refractivity contribution in [2.24, 2.45) is 5.92 Å². The van der Waals surface area contributed by atoms with Gasteiger partial charge in [-0.25, -0.2) is 14.4 Å². The van der Waals surface area contributed by atoms with Crippen molar-refractivity contribution in [3.63, 3.8) is 0 Å². The van der Waals surface area contributed by atoms with Crippen molar-refractivity contribution >= 4 is 47.1 Å².